The van der Waals surface area contributed by atoms with Gasteiger partial charge < -0.3 is 5.11 Å². The lowest BCUT2D eigenvalue weighted by Crippen LogP contribution is -2.50. The average molecular weight is 174 g/mol. The van der Waals surface area contributed by atoms with E-state index in [0.717, 1.165) is 0 Å². The molecule has 0 rings (SSSR count). The van der Waals surface area contributed by atoms with E-state index < -0.39 is 11.5 Å². The highest BCUT2D eigenvalue weighted by molar-refractivity contribution is 5.86. The van der Waals surface area contributed by atoms with E-state index in [2.05, 4.69) is 10.9 Å². The molecule has 0 aromatic carbocycles. The molecule has 0 saturated carbocycles. The Bertz CT molecular complexity index is 184. The molecule has 0 aliphatic carbocycles. The molecule has 5 nitrogen and oxygen atoms in total. The molecule has 0 fully saturated rings. The van der Waals surface area contributed by atoms with Crippen molar-refractivity contribution < 1.29 is 14.7 Å². The molecule has 12 heavy (non-hydrogen) atoms. The molecule has 70 valence electrons. The van der Waals surface area contributed by atoms with Crippen LogP contribution in [0.25, 0.3) is 0 Å². The molecule has 0 aliphatic heterocycles. The topological polar surface area (TPSA) is 78.4 Å². The zero-order valence-electron chi connectivity index (χ0n) is 7.47. The van der Waals surface area contributed by atoms with E-state index in [1.54, 1.807) is 6.92 Å². The third-order valence-corrected chi connectivity index (χ3v) is 1.19. The lowest BCUT2D eigenvalue weighted by atomic mass is 10.1. The van der Waals surface area contributed by atoms with E-state index in [4.69, 9.17) is 5.11 Å². The molecular formula is C7H14N2O3. The third-order valence-electron chi connectivity index (χ3n) is 1.19. The minimum absolute atomic E-state index is 0.284. The lowest BCUT2D eigenvalue weighted by Gasteiger charge is -2.16. The Morgan fingerprint density at radius 2 is 1.83 bits per heavy atom. The Morgan fingerprint density at radius 3 is 2.17 bits per heavy atom. The van der Waals surface area contributed by atoms with Gasteiger partial charge in [0, 0.05) is 6.42 Å². The van der Waals surface area contributed by atoms with E-state index in [0.29, 0.717) is 0 Å². The van der Waals surface area contributed by atoms with Crippen molar-refractivity contribution in [1.82, 2.24) is 10.9 Å². The second-order valence-electron chi connectivity index (χ2n) is 2.91. The van der Waals surface area contributed by atoms with Crippen molar-refractivity contribution in [2.75, 3.05) is 0 Å². The quantitative estimate of drug-likeness (QED) is 0.485. The number of amides is 2. The van der Waals surface area contributed by atoms with Crippen LogP contribution in [0.2, 0.25) is 0 Å². The highest BCUT2D eigenvalue weighted by Crippen LogP contribution is 1.98. The van der Waals surface area contributed by atoms with Crippen molar-refractivity contribution >= 4 is 11.8 Å². The fraction of sp³-hybridized carbons (Fsp3) is 0.714. The van der Waals surface area contributed by atoms with Crippen LogP contribution in [0.5, 0.6) is 0 Å². The second-order valence-corrected chi connectivity index (χ2v) is 2.91. The lowest BCUT2D eigenvalue weighted by molar-refractivity contribution is -0.140. The zero-order chi connectivity index (χ0) is 9.78. The zero-order valence-corrected chi connectivity index (χ0v) is 7.47. The van der Waals surface area contributed by atoms with Gasteiger partial charge in [0.05, 0.1) is 0 Å². The average Bonchev–Trinajstić information content (AvgIpc) is 1.97. The summed E-state index contributed by atoms with van der Waals surface area (Å²) in [5.74, 6) is -0.933. The number of hydrogen-bond donors (Lipinski definition) is 3. The van der Waals surface area contributed by atoms with Gasteiger partial charge in [0.15, 0.2) is 0 Å². The number of carbonyl (C=O) groups is 2. The molecule has 0 saturated heterocycles. The number of nitrogens with one attached hydrogen (secondary N) is 2. The third kappa shape index (κ3) is 3.92. The smallest absolute Gasteiger partial charge is 0.269 e. The largest absolute Gasteiger partial charge is 0.381 e. The maximum absolute atomic E-state index is 10.9. The fourth-order valence-electron chi connectivity index (χ4n) is 0.368. The molecule has 0 aliphatic rings. The van der Waals surface area contributed by atoms with Crippen LogP contribution in [0.4, 0.5) is 0 Å². The number of rotatable bonds is 2. The minimum atomic E-state index is -1.47. The summed E-state index contributed by atoms with van der Waals surface area (Å²) in [6.45, 7) is 4.33. The van der Waals surface area contributed by atoms with E-state index in [9.17, 15) is 9.59 Å². The molecule has 0 unspecified atom stereocenters. The summed E-state index contributed by atoms with van der Waals surface area (Å²) < 4.78 is 0. The Labute approximate surface area is 71.1 Å². The van der Waals surface area contributed by atoms with Crippen LogP contribution in [-0.2, 0) is 9.59 Å². The maximum Gasteiger partial charge on any atom is 0.269 e. The van der Waals surface area contributed by atoms with Gasteiger partial charge in [-0.1, -0.05) is 6.92 Å². The van der Waals surface area contributed by atoms with Crippen molar-refractivity contribution in [2.24, 2.45) is 0 Å². The summed E-state index contributed by atoms with van der Waals surface area (Å²) in [5.41, 5.74) is 2.75. The van der Waals surface area contributed by atoms with Crippen LogP contribution in [-0.4, -0.2) is 22.5 Å². The summed E-state index contributed by atoms with van der Waals surface area (Å²) in [7, 11) is 0. The van der Waals surface area contributed by atoms with E-state index in [1.807, 2.05) is 0 Å². The van der Waals surface area contributed by atoms with Gasteiger partial charge in [-0.15, -0.1) is 0 Å². The molecule has 2 amide bonds. The van der Waals surface area contributed by atoms with Gasteiger partial charge in [-0.25, -0.2) is 0 Å². The summed E-state index contributed by atoms with van der Waals surface area (Å²) in [6, 6.07) is 0. The normalized spacial score (nSPS) is 10.7. The molecule has 5 heteroatoms. The van der Waals surface area contributed by atoms with Crippen LogP contribution in [0.15, 0.2) is 0 Å². The van der Waals surface area contributed by atoms with Crippen molar-refractivity contribution in [1.29, 1.82) is 0 Å². The van der Waals surface area contributed by atoms with Crippen LogP contribution < -0.4 is 10.9 Å². The van der Waals surface area contributed by atoms with Crippen LogP contribution in [0.1, 0.15) is 27.2 Å². The first-order valence-electron chi connectivity index (χ1n) is 3.69. The standard InChI is InChI=1S/C7H14N2O3/c1-4-5(10)8-9-6(11)7(2,3)12/h12H,4H2,1-3H3,(H,8,10)(H,9,11). The van der Waals surface area contributed by atoms with Gasteiger partial charge in [-0.3, -0.25) is 20.4 Å². The van der Waals surface area contributed by atoms with Crippen LogP contribution >= 0.6 is 0 Å². The molecule has 0 bridgehead atoms. The summed E-state index contributed by atoms with van der Waals surface area (Å²) in [4.78, 5) is 21.5. The van der Waals surface area contributed by atoms with Crippen LogP contribution in [0.3, 0.4) is 0 Å². The Hall–Kier alpha value is -1.10. The maximum atomic E-state index is 10.9. The molecule has 0 heterocycles. The predicted molar refractivity (Wildman–Crippen MR) is 42.9 cm³/mol. The van der Waals surface area contributed by atoms with Crippen molar-refractivity contribution in [3.8, 4) is 0 Å². The van der Waals surface area contributed by atoms with Gasteiger partial charge in [0.25, 0.3) is 5.91 Å². The minimum Gasteiger partial charge on any atom is -0.381 e. The summed E-state index contributed by atoms with van der Waals surface area (Å²) >= 11 is 0. The first-order valence-corrected chi connectivity index (χ1v) is 3.69. The second kappa shape index (κ2) is 4.06. The van der Waals surface area contributed by atoms with Crippen molar-refractivity contribution in [3.63, 3.8) is 0 Å². The fourth-order valence-corrected chi connectivity index (χ4v) is 0.368. The molecule has 0 radical (unpaired) electrons. The number of aliphatic hydroxyl groups is 1. The molecule has 0 aromatic rings. The number of hydrogen-bond acceptors (Lipinski definition) is 3. The van der Waals surface area contributed by atoms with Crippen LogP contribution in [0, 0.1) is 0 Å². The predicted octanol–water partition coefficient (Wildman–Crippen LogP) is -0.685. The van der Waals surface area contributed by atoms with Gasteiger partial charge >= 0.3 is 0 Å². The van der Waals surface area contributed by atoms with Crippen molar-refractivity contribution in [3.05, 3.63) is 0 Å². The molecule has 0 spiro atoms. The van der Waals surface area contributed by atoms with Crippen molar-refractivity contribution in [2.45, 2.75) is 32.8 Å². The monoisotopic (exact) mass is 174 g/mol. The highest BCUT2D eigenvalue weighted by atomic mass is 16.3. The summed E-state index contributed by atoms with van der Waals surface area (Å²) in [6.07, 6.45) is 0.284. The molecular weight excluding hydrogens is 160 g/mol. The molecule has 0 atom stereocenters. The Balaban J connectivity index is 3.81. The highest BCUT2D eigenvalue weighted by Gasteiger charge is 2.23. The van der Waals surface area contributed by atoms with Gasteiger partial charge in [-0.05, 0) is 13.8 Å². The first kappa shape index (κ1) is 10.9. The first-order chi connectivity index (χ1) is 5.38. The van der Waals surface area contributed by atoms with E-state index in [-0.39, 0.29) is 12.3 Å². The number of hydrazine groups is 1. The summed E-state index contributed by atoms with van der Waals surface area (Å²) in [5, 5.41) is 9.11. The number of carbonyl (C=O) groups excluding carboxylic acids is 2. The van der Waals surface area contributed by atoms with E-state index in [1.165, 1.54) is 13.8 Å². The molecule has 0 aromatic heterocycles. The van der Waals surface area contributed by atoms with Gasteiger partial charge in [0.1, 0.15) is 5.60 Å². The van der Waals surface area contributed by atoms with Gasteiger partial charge in [0.2, 0.25) is 5.91 Å². The Kier molecular flexibility index (Phi) is 3.69. The van der Waals surface area contributed by atoms with Gasteiger partial charge in [-0.2, -0.15) is 0 Å². The SMILES string of the molecule is CCC(=O)NNC(=O)C(C)(C)O. The van der Waals surface area contributed by atoms with E-state index >= 15 is 0 Å². The molecule has 3 N–H and O–H groups in total. The Morgan fingerprint density at radius 1 is 1.33 bits per heavy atom.